The van der Waals surface area contributed by atoms with Gasteiger partial charge in [-0.25, -0.2) is 4.98 Å². The molecule has 0 bridgehead atoms. The van der Waals surface area contributed by atoms with Gasteiger partial charge in [-0.3, -0.25) is 4.79 Å². The summed E-state index contributed by atoms with van der Waals surface area (Å²) in [4.78, 5) is 18.2. The van der Waals surface area contributed by atoms with E-state index in [1.165, 1.54) is 4.68 Å². The third-order valence-electron chi connectivity index (χ3n) is 5.80. The zero-order chi connectivity index (χ0) is 25.8. The number of ether oxygens (including phenoxy) is 2. The van der Waals surface area contributed by atoms with Crippen molar-refractivity contribution in [2.24, 2.45) is 5.10 Å². The number of benzene rings is 3. The van der Waals surface area contributed by atoms with Gasteiger partial charge in [-0.15, -0.1) is 0 Å². The first-order chi connectivity index (χ1) is 17.3. The average molecular weight is 634 g/mol. The van der Waals surface area contributed by atoms with Crippen LogP contribution in [0.5, 0.6) is 11.5 Å². The highest BCUT2D eigenvalue weighted by Crippen LogP contribution is 2.35. The predicted octanol–water partition coefficient (Wildman–Crippen LogP) is 7.56. The van der Waals surface area contributed by atoms with Crippen LogP contribution < -0.4 is 15.0 Å². The smallest absolute Gasteiger partial charge is 0.282 e. The van der Waals surface area contributed by atoms with Gasteiger partial charge in [-0.05, 0) is 42.8 Å². The third-order valence-corrected chi connectivity index (χ3v) is 7.12. The van der Waals surface area contributed by atoms with Crippen LogP contribution >= 0.6 is 43.5 Å². The lowest BCUT2D eigenvalue weighted by Crippen LogP contribution is -2.23. The molecule has 0 aliphatic heterocycles. The van der Waals surface area contributed by atoms with Crippen LogP contribution in [0.25, 0.3) is 10.9 Å². The quantitative estimate of drug-likeness (QED) is 0.188. The molecule has 0 saturated carbocycles. The summed E-state index contributed by atoms with van der Waals surface area (Å²) in [5.41, 5.74) is 1.86. The predicted molar refractivity (Wildman–Crippen MR) is 152 cm³/mol. The molecular weight excluding hydrogens is 610 g/mol. The summed E-state index contributed by atoms with van der Waals surface area (Å²) in [6.45, 7) is 4.32. The van der Waals surface area contributed by atoms with Crippen LogP contribution in [-0.4, -0.2) is 23.0 Å². The number of hydrogen-bond acceptors (Lipinski definition) is 5. The van der Waals surface area contributed by atoms with E-state index < -0.39 is 0 Å². The van der Waals surface area contributed by atoms with Crippen LogP contribution in [0.2, 0.25) is 5.02 Å². The summed E-state index contributed by atoms with van der Waals surface area (Å²) < 4.78 is 14.7. The number of rotatable bonds is 8. The molecule has 36 heavy (non-hydrogen) atoms. The van der Waals surface area contributed by atoms with Gasteiger partial charge in [0, 0.05) is 31.0 Å². The topological polar surface area (TPSA) is 65.7 Å². The van der Waals surface area contributed by atoms with E-state index in [4.69, 9.17) is 26.1 Å². The summed E-state index contributed by atoms with van der Waals surface area (Å²) in [5.74, 6) is 1.62. The molecule has 0 saturated heterocycles. The highest BCUT2D eigenvalue weighted by molar-refractivity contribution is 9.10. The van der Waals surface area contributed by atoms with E-state index in [0.29, 0.717) is 38.8 Å². The molecule has 3 aromatic carbocycles. The maximum absolute atomic E-state index is 13.5. The molecule has 1 atom stereocenters. The maximum atomic E-state index is 13.5. The second kappa shape index (κ2) is 11.6. The number of methoxy groups -OCH3 is 1. The van der Waals surface area contributed by atoms with E-state index in [1.54, 1.807) is 19.4 Å². The van der Waals surface area contributed by atoms with Crippen LogP contribution in [0.3, 0.4) is 0 Å². The highest BCUT2D eigenvalue weighted by Gasteiger charge is 2.17. The molecule has 1 heterocycles. The molecule has 4 aromatic rings. The molecule has 0 aliphatic carbocycles. The average Bonchev–Trinajstić information content (AvgIpc) is 2.87. The van der Waals surface area contributed by atoms with E-state index in [-0.39, 0.29) is 18.1 Å². The second-order valence-corrected chi connectivity index (χ2v) is 10.4. The molecule has 6 nitrogen and oxygen atoms in total. The molecule has 0 N–H and O–H groups in total. The normalized spacial score (nSPS) is 12.3. The van der Waals surface area contributed by atoms with E-state index in [1.807, 2.05) is 55.5 Å². The Kier molecular flexibility index (Phi) is 8.49. The number of nitrogens with zero attached hydrogens (tertiary/aromatic N) is 3. The summed E-state index contributed by atoms with van der Waals surface area (Å²) in [7, 11) is 1.57. The van der Waals surface area contributed by atoms with Crippen molar-refractivity contribution in [1.29, 1.82) is 0 Å². The van der Waals surface area contributed by atoms with Gasteiger partial charge in [0.25, 0.3) is 5.56 Å². The third kappa shape index (κ3) is 5.66. The summed E-state index contributed by atoms with van der Waals surface area (Å²) in [6, 6.07) is 16.6. The van der Waals surface area contributed by atoms with Gasteiger partial charge in [0.1, 0.15) is 12.4 Å². The van der Waals surface area contributed by atoms with Crippen LogP contribution in [-0.2, 0) is 6.61 Å². The highest BCUT2D eigenvalue weighted by atomic mass is 79.9. The molecule has 186 valence electrons. The summed E-state index contributed by atoms with van der Waals surface area (Å²) >= 11 is 13.3. The largest absolute Gasteiger partial charge is 0.493 e. The number of hydrogen-bond donors (Lipinski definition) is 0. The van der Waals surface area contributed by atoms with E-state index in [0.717, 1.165) is 20.9 Å². The van der Waals surface area contributed by atoms with Crippen molar-refractivity contribution in [3.63, 3.8) is 0 Å². The Labute approximate surface area is 231 Å². The van der Waals surface area contributed by atoms with Crippen LogP contribution in [0, 0.1) is 0 Å². The van der Waals surface area contributed by atoms with Crippen molar-refractivity contribution in [2.75, 3.05) is 7.11 Å². The molecule has 4 rings (SSSR count). The van der Waals surface area contributed by atoms with Gasteiger partial charge in [0.15, 0.2) is 11.5 Å². The minimum atomic E-state index is -0.242. The standard InChI is InChI=1S/C27H24Br2ClN3O3/c1-4-16(2)26-32-23-10-9-19(28)12-21(23)27(34)33(26)31-14-18-11-20(29)13-24(35-3)25(18)36-15-17-7-5-6-8-22(17)30/h5-14,16H,4,15H2,1-3H3/t16-/m1/s1. The Balaban J connectivity index is 1.82. The molecule has 1 aromatic heterocycles. The fourth-order valence-corrected chi connectivity index (χ4v) is 4.66. The molecule has 0 amide bonds. The van der Waals surface area contributed by atoms with Crippen molar-refractivity contribution in [3.05, 3.63) is 95.9 Å². The zero-order valence-corrected chi connectivity index (χ0v) is 23.9. The van der Waals surface area contributed by atoms with E-state index in [9.17, 15) is 4.79 Å². The lowest BCUT2D eigenvalue weighted by Gasteiger charge is -2.16. The Morgan fingerprint density at radius 2 is 1.92 bits per heavy atom. The fraction of sp³-hybridized carbons (Fsp3) is 0.222. The molecule has 9 heteroatoms. The summed E-state index contributed by atoms with van der Waals surface area (Å²) in [5, 5.41) is 5.69. The van der Waals surface area contributed by atoms with Crippen molar-refractivity contribution >= 4 is 60.6 Å². The number of aromatic nitrogens is 2. The Hall–Kier alpha value is -2.68. The van der Waals surface area contributed by atoms with Crippen LogP contribution in [0.4, 0.5) is 0 Å². The Morgan fingerprint density at radius 1 is 1.14 bits per heavy atom. The maximum Gasteiger partial charge on any atom is 0.282 e. The molecule has 0 unspecified atom stereocenters. The van der Waals surface area contributed by atoms with E-state index in [2.05, 4.69) is 43.9 Å². The minimum Gasteiger partial charge on any atom is -0.493 e. The zero-order valence-electron chi connectivity index (χ0n) is 20.0. The number of halogens is 3. The van der Waals surface area contributed by atoms with Crippen molar-refractivity contribution in [2.45, 2.75) is 32.8 Å². The van der Waals surface area contributed by atoms with Crippen LogP contribution in [0.1, 0.15) is 43.1 Å². The lowest BCUT2D eigenvalue weighted by atomic mass is 10.1. The minimum absolute atomic E-state index is 0.0240. The lowest BCUT2D eigenvalue weighted by molar-refractivity contribution is 0.284. The summed E-state index contributed by atoms with van der Waals surface area (Å²) in [6.07, 6.45) is 2.40. The van der Waals surface area contributed by atoms with Gasteiger partial charge in [-0.1, -0.05) is 75.5 Å². The second-order valence-electron chi connectivity index (χ2n) is 8.21. The van der Waals surface area contributed by atoms with Crippen molar-refractivity contribution in [3.8, 4) is 11.5 Å². The van der Waals surface area contributed by atoms with Crippen LogP contribution in [0.15, 0.2) is 73.4 Å². The van der Waals surface area contributed by atoms with Gasteiger partial charge >= 0.3 is 0 Å². The first-order valence-corrected chi connectivity index (χ1v) is 13.3. The molecule has 0 radical (unpaired) electrons. The molecule has 0 fully saturated rings. The first-order valence-electron chi connectivity index (χ1n) is 11.3. The van der Waals surface area contributed by atoms with Crippen molar-refractivity contribution < 1.29 is 9.47 Å². The SMILES string of the molecule is CC[C@@H](C)c1nc2ccc(Br)cc2c(=O)n1N=Cc1cc(Br)cc(OC)c1OCc1ccccc1Cl. The Bertz CT molecular complexity index is 1500. The van der Waals surface area contributed by atoms with Gasteiger partial charge in [-0.2, -0.15) is 9.78 Å². The first kappa shape index (κ1) is 26.4. The molecule has 0 aliphatic rings. The van der Waals surface area contributed by atoms with Gasteiger partial charge in [0.2, 0.25) is 0 Å². The molecular formula is C27H24Br2ClN3O3. The van der Waals surface area contributed by atoms with Gasteiger partial charge in [0.05, 0.1) is 24.2 Å². The fourth-order valence-electron chi connectivity index (χ4n) is 3.66. The molecule has 0 spiro atoms. The van der Waals surface area contributed by atoms with Crippen molar-refractivity contribution in [1.82, 2.24) is 9.66 Å². The van der Waals surface area contributed by atoms with E-state index >= 15 is 0 Å². The Morgan fingerprint density at radius 3 is 2.64 bits per heavy atom. The monoisotopic (exact) mass is 631 g/mol. The number of fused-ring (bicyclic) bond motifs is 1. The van der Waals surface area contributed by atoms with Gasteiger partial charge < -0.3 is 9.47 Å².